The lowest BCUT2D eigenvalue weighted by Crippen LogP contribution is -3.11. The van der Waals surface area contributed by atoms with E-state index < -0.39 is 17.7 Å². The van der Waals surface area contributed by atoms with Crippen LogP contribution in [0.2, 0.25) is 0 Å². The van der Waals surface area contributed by atoms with E-state index >= 15 is 0 Å². The van der Waals surface area contributed by atoms with Crippen molar-refractivity contribution in [2.45, 2.75) is 26.3 Å². The average Bonchev–Trinajstić information content (AvgIpc) is 3.33. The zero-order valence-corrected chi connectivity index (χ0v) is 17.1. The van der Waals surface area contributed by atoms with Gasteiger partial charge < -0.3 is 14.9 Å². The quantitative estimate of drug-likeness (QED) is 0.414. The van der Waals surface area contributed by atoms with Crippen molar-refractivity contribution in [1.29, 1.82) is 0 Å². The van der Waals surface area contributed by atoms with E-state index in [0.29, 0.717) is 12.1 Å². The highest BCUT2D eigenvalue weighted by atomic mass is 32.1. The first-order chi connectivity index (χ1) is 13.6. The van der Waals surface area contributed by atoms with Gasteiger partial charge in [-0.3, -0.25) is 9.59 Å². The summed E-state index contributed by atoms with van der Waals surface area (Å²) >= 11 is 1.47. The number of quaternary nitrogens is 1. The number of carbonyl (C=O) groups is 2. The van der Waals surface area contributed by atoms with Crippen LogP contribution in [0.4, 0.5) is 0 Å². The highest BCUT2D eigenvalue weighted by Crippen LogP contribution is 2.40. The van der Waals surface area contributed by atoms with Crippen molar-refractivity contribution in [3.63, 3.8) is 0 Å². The minimum Gasteiger partial charge on any atom is -0.872 e. The van der Waals surface area contributed by atoms with Crippen LogP contribution >= 0.6 is 11.3 Å². The van der Waals surface area contributed by atoms with E-state index in [1.807, 2.05) is 23.6 Å². The van der Waals surface area contributed by atoms with Crippen LogP contribution in [0.25, 0.3) is 5.76 Å². The molecular formula is C22H26N2O3S. The van der Waals surface area contributed by atoms with Crippen LogP contribution in [-0.4, -0.2) is 42.8 Å². The zero-order chi connectivity index (χ0) is 20.1. The molecule has 5 nitrogen and oxygen atoms in total. The van der Waals surface area contributed by atoms with Crippen molar-refractivity contribution in [3.8, 4) is 0 Å². The minimum absolute atomic E-state index is 0.0776. The molecule has 0 spiro atoms. The fraction of sp³-hybridized carbons (Fsp3) is 0.364. The van der Waals surface area contributed by atoms with Gasteiger partial charge in [0.05, 0.1) is 25.7 Å². The molecule has 1 unspecified atom stereocenters. The van der Waals surface area contributed by atoms with Gasteiger partial charge in [-0.15, -0.1) is 11.3 Å². The molecule has 1 aliphatic rings. The Hall–Kier alpha value is -2.44. The summed E-state index contributed by atoms with van der Waals surface area (Å²) in [6, 6.07) is 11.9. The first kappa shape index (κ1) is 20.3. The third-order valence-electron chi connectivity index (χ3n) is 5.31. The predicted molar refractivity (Wildman–Crippen MR) is 109 cm³/mol. The summed E-state index contributed by atoms with van der Waals surface area (Å²) in [5.74, 6) is -1.58. The molecule has 1 aliphatic heterocycles. The van der Waals surface area contributed by atoms with Crippen molar-refractivity contribution >= 4 is 28.8 Å². The standard InChI is InChI=1S/C22H26N2O3S/c1-3-23(4-2)13-9-14-24-19(17-12-8-15-28-17)18(21(26)22(24)27)20(25)16-10-6-5-7-11-16/h5-8,10-12,15,19,25H,3-4,9,13-14H2,1-2H3/b20-18+. The van der Waals surface area contributed by atoms with Crippen molar-refractivity contribution < 1.29 is 19.6 Å². The van der Waals surface area contributed by atoms with E-state index in [2.05, 4.69) is 13.8 Å². The topological polar surface area (TPSA) is 64.9 Å². The molecule has 2 heterocycles. The largest absolute Gasteiger partial charge is 0.872 e. The molecule has 0 saturated carbocycles. The van der Waals surface area contributed by atoms with E-state index in [9.17, 15) is 14.7 Å². The fourth-order valence-electron chi connectivity index (χ4n) is 3.69. The van der Waals surface area contributed by atoms with Gasteiger partial charge in [0, 0.05) is 23.4 Å². The molecule has 0 radical (unpaired) electrons. The Bertz CT molecular complexity index is 842. The summed E-state index contributed by atoms with van der Waals surface area (Å²) in [6.07, 6.45) is 0.796. The molecule has 6 heteroatoms. The van der Waals surface area contributed by atoms with Gasteiger partial charge in [0.2, 0.25) is 5.78 Å². The molecule has 2 aromatic rings. The third kappa shape index (κ3) is 4.03. The number of thiophene rings is 1. The minimum atomic E-state index is -0.664. The number of nitrogens with zero attached hydrogens (tertiary/aromatic N) is 1. The number of likely N-dealkylation sites (tertiary alicyclic amines) is 1. The second-order valence-electron chi connectivity index (χ2n) is 6.92. The molecular weight excluding hydrogens is 372 g/mol. The molecule has 1 amide bonds. The molecule has 1 aromatic heterocycles. The van der Waals surface area contributed by atoms with Gasteiger partial charge in [0.15, 0.2) is 0 Å². The lowest BCUT2D eigenvalue weighted by Gasteiger charge is -2.27. The summed E-state index contributed by atoms with van der Waals surface area (Å²) < 4.78 is 0. The Morgan fingerprint density at radius 1 is 1.11 bits per heavy atom. The third-order valence-corrected chi connectivity index (χ3v) is 6.23. The van der Waals surface area contributed by atoms with E-state index in [-0.39, 0.29) is 11.3 Å². The average molecular weight is 399 g/mol. The van der Waals surface area contributed by atoms with Gasteiger partial charge in [-0.05, 0) is 30.9 Å². The normalized spacial score (nSPS) is 19.0. The van der Waals surface area contributed by atoms with Crippen molar-refractivity contribution in [1.82, 2.24) is 4.90 Å². The van der Waals surface area contributed by atoms with E-state index in [1.54, 1.807) is 29.2 Å². The van der Waals surface area contributed by atoms with E-state index in [4.69, 9.17) is 0 Å². The smallest absolute Gasteiger partial charge is 0.295 e. The number of rotatable bonds is 8. The van der Waals surface area contributed by atoms with Crippen LogP contribution in [0.1, 0.15) is 36.8 Å². The molecule has 148 valence electrons. The summed E-state index contributed by atoms with van der Waals surface area (Å²) in [5, 5.41) is 15.0. The highest BCUT2D eigenvalue weighted by molar-refractivity contribution is 7.10. The maximum Gasteiger partial charge on any atom is 0.295 e. The van der Waals surface area contributed by atoms with Crippen molar-refractivity contribution in [2.24, 2.45) is 0 Å². The van der Waals surface area contributed by atoms with Gasteiger partial charge in [-0.2, -0.15) is 0 Å². The summed E-state index contributed by atoms with van der Waals surface area (Å²) in [4.78, 5) is 29.5. The van der Waals surface area contributed by atoms with Gasteiger partial charge in [-0.25, -0.2) is 0 Å². The maximum absolute atomic E-state index is 13.1. The summed E-state index contributed by atoms with van der Waals surface area (Å²) in [7, 11) is 0. The predicted octanol–water partition coefficient (Wildman–Crippen LogP) is 1.29. The Morgan fingerprint density at radius 3 is 2.43 bits per heavy atom. The molecule has 1 atom stereocenters. The van der Waals surface area contributed by atoms with Crippen LogP contribution in [0, 0.1) is 0 Å². The van der Waals surface area contributed by atoms with E-state index in [0.717, 1.165) is 30.9 Å². The fourth-order valence-corrected chi connectivity index (χ4v) is 4.54. The first-order valence-electron chi connectivity index (χ1n) is 9.77. The Kier molecular flexibility index (Phi) is 6.65. The second-order valence-corrected chi connectivity index (χ2v) is 7.89. The molecule has 3 rings (SSSR count). The number of ketones is 1. The SMILES string of the molecule is CC[NH+](CC)CCCN1C(=O)C(=O)/C(=C(/[O-])c2ccccc2)C1c1cccs1. The number of carbonyl (C=O) groups excluding carboxylic acids is 2. The van der Waals surface area contributed by atoms with Gasteiger partial charge in [-0.1, -0.05) is 42.2 Å². The van der Waals surface area contributed by atoms with Gasteiger partial charge in [0.1, 0.15) is 0 Å². The highest BCUT2D eigenvalue weighted by Gasteiger charge is 2.44. The number of amides is 1. The van der Waals surface area contributed by atoms with Gasteiger partial charge in [0.25, 0.3) is 5.91 Å². The molecule has 28 heavy (non-hydrogen) atoms. The molecule has 1 N–H and O–H groups in total. The summed E-state index contributed by atoms with van der Waals surface area (Å²) in [6.45, 7) is 7.75. The second kappa shape index (κ2) is 9.17. The monoisotopic (exact) mass is 398 g/mol. The van der Waals surface area contributed by atoms with Crippen LogP contribution in [0.5, 0.6) is 0 Å². The lowest BCUT2D eigenvalue weighted by molar-refractivity contribution is -0.896. The van der Waals surface area contributed by atoms with Crippen molar-refractivity contribution in [3.05, 3.63) is 63.9 Å². The van der Waals surface area contributed by atoms with Crippen LogP contribution in [0.15, 0.2) is 53.4 Å². The first-order valence-corrected chi connectivity index (χ1v) is 10.6. The number of nitrogens with one attached hydrogen (secondary N) is 1. The molecule has 1 fully saturated rings. The van der Waals surface area contributed by atoms with Gasteiger partial charge >= 0.3 is 0 Å². The number of hydrogen-bond acceptors (Lipinski definition) is 4. The zero-order valence-electron chi connectivity index (χ0n) is 16.3. The van der Waals surface area contributed by atoms with Crippen molar-refractivity contribution in [2.75, 3.05) is 26.2 Å². The molecule has 0 aliphatic carbocycles. The maximum atomic E-state index is 13.1. The molecule has 1 aromatic carbocycles. The molecule has 0 bridgehead atoms. The van der Waals surface area contributed by atoms with Crippen LogP contribution in [-0.2, 0) is 9.59 Å². The lowest BCUT2D eigenvalue weighted by atomic mass is 10.00. The molecule has 1 saturated heterocycles. The van der Waals surface area contributed by atoms with Crippen LogP contribution < -0.4 is 10.0 Å². The Labute approximate surface area is 169 Å². The Balaban J connectivity index is 1.94. The number of Topliss-reactive ketones (excluding diaryl/α,β-unsaturated/α-hetero) is 1. The van der Waals surface area contributed by atoms with Crippen LogP contribution in [0.3, 0.4) is 0 Å². The Morgan fingerprint density at radius 2 is 1.82 bits per heavy atom. The number of hydrogen-bond donors (Lipinski definition) is 1. The van der Waals surface area contributed by atoms with E-state index in [1.165, 1.54) is 16.2 Å². The summed E-state index contributed by atoms with van der Waals surface area (Å²) in [5.41, 5.74) is 0.517. The number of benzene rings is 1.